The first-order valence-corrected chi connectivity index (χ1v) is 15.6. The maximum Gasteiger partial charge on any atom is 0.410 e. The van der Waals surface area contributed by atoms with Crippen LogP contribution < -0.4 is 10.1 Å². The molecule has 1 unspecified atom stereocenters. The highest BCUT2D eigenvalue weighted by Gasteiger charge is 2.28. The molecule has 2 amide bonds. The molecule has 4 aromatic carbocycles. The Hall–Kier alpha value is -4.82. The van der Waals surface area contributed by atoms with Crippen LogP contribution in [0.1, 0.15) is 55.6 Å². The monoisotopic (exact) mass is 640 g/mol. The molecule has 0 bridgehead atoms. The van der Waals surface area contributed by atoms with Crippen LogP contribution in [0, 0.1) is 0 Å². The van der Waals surface area contributed by atoms with Crippen LogP contribution in [-0.2, 0) is 22.5 Å². The molecule has 4 aromatic rings. The Kier molecular flexibility index (Phi) is 9.68. The lowest BCUT2D eigenvalue weighted by Gasteiger charge is -2.32. The highest BCUT2D eigenvalue weighted by Crippen LogP contribution is 2.41. The third-order valence-electron chi connectivity index (χ3n) is 7.71. The van der Waals surface area contributed by atoms with Crippen molar-refractivity contribution in [2.45, 2.75) is 58.7 Å². The molecule has 0 radical (unpaired) electrons. The number of aliphatic carboxylic acids is 1. The highest BCUT2D eigenvalue weighted by molar-refractivity contribution is 6.30. The van der Waals surface area contributed by atoms with Gasteiger partial charge in [0.25, 0.3) is 5.91 Å². The van der Waals surface area contributed by atoms with Crippen molar-refractivity contribution in [1.29, 1.82) is 0 Å². The average molecular weight is 641 g/mol. The van der Waals surface area contributed by atoms with Crippen LogP contribution in [0.2, 0.25) is 5.02 Å². The summed E-state index contributed by atoms with van der Waals surface area (Å²) in [5.41, 5.74) is 4.62. The molecule has 1 heterocycles. The van der Waals surface area contributed by atoms with Gasteiger partial charge in [0.1, 0.15) is 23.1 Å². The molecule has 1 atom stereocenters. The summed E-state index contributed by atoms with van der Waals surface area (Å²) in [6.45, 7) is 8.09. The number of carbonyl (C=O) groups excluding carboxylic acids is 2. The summed E-state index contributed by atoms with van der Waals surface area (Å²) in [5, 5.41) is 12.7. The van der Waals surface area contributed by atoms with Crippen molar-refractivity contribution in [3.63, 3.8) is 0 Å². The number of hydrogen-bond donors (Lipinski definition) is 2. The van der Waals surface area contributed by atoms with E-state index in [1.807, 2.05) is 81.4 Å². The minimum absolute atomic E-state index is 0.234. The van der Waals surface area contributed by atoms with Gasteiger partial charge in [0.05, 0.1) is 0 Å². The molecular weight excluding hydrogens is 604 g/mol. The first-order chi connectivity index (χ1) is 21.9. The van der Waals surface area contributed by atoms with Crippen molar-refractivity contribution >= 4 is 29.6 Å². The molecular formula is C37H37ClN2O6. The van der Waals surface area contributed by atoms with Gasteiger partial charge in [-0.25, -0.2) is 9.59 Å². The number of amides is 2. The van der Waals surface area contributed by atoms with Gasteiger partial charge in [0, 0.05) is 40.9 Å². The number of hydrogen-bond acceptors (Lipinski definition) is 5. The van der Waals surface area contributed by atoms with Gasteiger partial charge in [-0.15, -0.1) is 0 Å². The second kappa shape index (κ2) is 13.7. The molecule has 0 saturated carbocycles. The smallest absolute Gasteiger partial charge is 0.410 e. The van der Waals surface area contributed by atoms with Gasteiger partial charge in [0.2, 0.25) is 0 Å². The molecule has 9 heteroatoms. The Bertz CT molecular complexity index is 1770. The SMILES string of the molecule is CCC(NC(=O)c1ccc(-c2ccccc2)cc1-c1ccc(Cl)cc1Oc1cccc2c1CCN(C(=O)OC(C)(C)C)C2)C(=O)O. The maximum absolute atomic E-state index is 13.6. The summed E-state index contributed by atoms with van der Waals surface area (Å²) in [7, 11) is 0. The van der Waals surface area contributed by atoms with Gasteiger partial charge in [-0.2, -0.15) is 0 Å². The van der Waals surface area contributed by atoms with Crippen molar-refractivity contribution in [2.24, 2.45) is 0 Å². The first kappa shape index (κ1) is 32.6. The number of fused-ring (bicyclic) bond motifs is 1. The Morgan fingerprint density at radius 3 is 2.37 bits per heavy atom. The lowest BCUT2D eigenvalue weighted by atomic mass is 9.93. The van der Waals surface area contributed by atoms with Crippen molar-refractivity contribution in [1.82, 2.24) is 10.2 Å². The van der Waals surface area contributed by atoms with E-state index in [-0.39, 0.29) is 12.5 Å². The van der Waals surface area contributed by atoms with Crippen molar-refractivity contribution < 1.29 is 29.0 Å². The number of ether oxygens (including phenoxy) is 2. The zero-order chi connectivity index (χ0) is 33.0. The molecule has 2 N–H and O–H groups in total. The summed E-state index contributed by atoms with van der Waals surface area (Å²) >= 11 is 6.49. The van der Waals surface area contributed by atoms with Crippen LogP contribution >= 0.6 is 11.6 Å². The zero-order valence-electron chi connectivity index (χ0n) is 26.3. The Morgan fingerprint density at radius 2 is 1.67 bits per heavy atom. The lowest BCUT2D eigenvalue weighted by Crippen LogP contribution is -2.40. The second-order valence-corrected chi connectivity index (χ2v) is 12.6. The van der Waals surface area contributed by atoms with E-state index in [0.717, 1.165) is 22.3 Å². The molecule has 8 nitrogen and oxygen atoms in total. The quantitative estimate of drug-likeness (QED) is 0.201. The van der Waals surface area contributed by atoms with E-state index in [2.05, 4.69) is 5.32 Å². The topological polar surface area (TPSA) is 105 Å². The second-order valence-electron chi connectivity index (χ2n) is 12.2. The van der Waals surface area contributed by atoms with E-state index >= 15 is 0 Å². The fourth-order valence-corrected chi connectivity index (χ4v) is 5.59. The summed E-state index contributed by atoms with van der Waals surface area (Å²) in [6, 6.07) is 25.1. The Balaban J connectivity index is 1.55. The van der Waals surface area contributed by atoms with Crippen LogP contribution in [0.5, 0.6) is 11.5 Å². The predicted octanol–water partition coefficient (Wildman–Crippen LogP) is 8.35. The van der Waals surface area contributed by atoms with Crippen LogP contribution in [-0.4, -0.2) is 46.2 Å². The molecule has 0 spiro atoms. The van der Waals surface area contributed by atoms with Crippen molar-refractivity contribution in [3.05, 3.63) is 107 Å². The van der Waals surface area contributed by atoms with Crippen molar-refractivity contribution in [2.75, 3.05) is 6.54 Å². The van der Waals surface area contributed by atoms with Gasteiger partial charge in [0.15, 0.2) is 0 Å². The fourth-order valence-electron chi connectivity index (χ4n) is 5.42. The summed E-state index contributed by atoms with van der Waals surface area (Å²) < 4.78 is 12.2. The summed E-state index contributed by atoms with van der Waals surface area (Å²) in [5.74, 6) is -0.566. The van der Waals surface area contributed by atoms with E-state index in [1.54, 1.807) is 36.1 Å². The van der Waals surface area contributed by atoms with Crippen LogP contribution in [0.4, 0.5) is 4.79 Å². The lowest BCUT2D eigenvalue weighted by molar-refractivity contribution is -0.139. The highest BCUT2D eigenvalue weighted by atomic mass is 35.5. The molecule has 0 aliphatic carbocycles. The van der Waals surface area contributed by atoms with Crippen molar-refractivity contribution in [3.8, 4) is 33.8 Å². The fraction of sp³-hybridized carbons (Fsp3) is 0.270. The number of nitrogens with zero attached hydrogens (tertiary/aromatic N) is 1. The van der Waals surface area contributed by atoms with E-state index in [1.165, 1.54) is 0 Å². The maximum atomic E-state index is 13.6. The van der Waals surface area contributed by atoms with Gasteiger partial charge in [-0.3, -0.25) is 4.79 Å². The van der Waals surface area contributed by atoms with Crippen LogP contribution in [0.25, 0.3) is 22.3 Å². The predicted molar refractivity (Wildman–Crippen MR) is 178 cm³/mol. The first-order valence-electron chi connectivity index (χ1n) is 15.2. The minimum atomic E-state index is -1.10. The molecule has 0 saturated heterocycles. The number of carboxylic acid groups (broad SMARTS) is 1. The number of halogens is 1. The van der Waals surface area contributed by atoms with E-state index in [9.17, 15) is 19.5 Å². The Morgan fingerprint density at radius 1 is 0.913 bits per heavy atom. The largest absolute Gasteiger partial charge is 0.480 e. The van der Waals surface area contributed by atoms with Gasteiger partial charge < -0.3 is 24.8 Å². The molecule has 238 valence electrons. The number of carboxylic acids is 1. The van der Waals surface area contributed by atoms with E-state index in [4.69, 9.17) is 21.1 Å². The molecule has 0 fully saturated rings. The van der Waals surface area contributed by atoms with Crippen LogP contribution in [0.15, 0.2) is 84.9 Å². The molecule has 1 aliphatic rings. The summed E-state index contributed by atoms with van der Waals surface area (Å²) in [4.78, 5) is 39.8. The molecule has 0 aromatic heterocycles. The number of nitrogens with one attached hydrogen (secondary N) is 1. The normalized spacial score (nSPS) is 13.4. The Labute approximate surface area is 273 Å². The van der Waals surface area contributed by atoms with Gasteiger partial charge >= 0.3 is 12.1 Å². The molecule has 5 rings (SSSR count). The van der Waals surface area contributed by atoms with E-state index < -0.39 is 23.5 Å². The average Bonchev–Trinajstić information content (AvgIpc) is 3.02. The third-order valence-corrected chi connectivity index (χ3v) is 7.95. The van der Waals surface area contributed by atoms with E-state index in [0.29, 0.717) is 52.7 Å². The molecule has 1 aliphatic heterocycles. The minimum Gasteiger partial charge on any atom is -0.480 e. The third kappa shape index (κ3) is 7.51. The van der Waals surface area contributed by atoms with Gasteiger partial charge in [-0.1, -0.05) is 67.1 Å². The standard InChI is InChI=1S/C37H37ClN2O6/c1-5-31(35(42)43)39-34(41)29-16-14-24(23-10-7-6-8-11-23)20-30(29)28-17-15-26(38)21-33(28)45-32-13-9-12-25-22-40(19-18-27(25)32)36(44)46-37(2,3)4/h6-17,20-21,31H,5,18-19,22H2,1-4H3,(H,39,41)(H,42,43). The zero-order valence-corrected chi connectivity index (χ0v) is 27.1. The number of benzene rings is 4. The number of rotatable bonds is 8. The molecule has 46 heavy (non-hydrogen) atoms. The van der Waals surface area contributed by atoms with Crippen LogP contribution in [0.3, 0.4) is 0 Å². The number of carbonyl (C=O) groups is 3. The summed E-state index contributed by atoms with van der Waals surface area (Å²) in [6.07, 6.45) is 0.433. The van der Waals surface area contributed by atoms with Gasteiger partial charge in [-0.05, 0) is 86.2 Å².